The second-order valence-electron chi connectivity index (χ2n) is 3.49. The molecule has 1 N–H and O–H groups in total. The molecule has 0 saturated heterocycles. The normalized spacial score (nSPS) is 15.6. The summed E-state index contributed by atoms with van der Waals surface area (Å²) in [5.74, 6) is 0. The van der Waals surface area contributed by atoms with Gasteiger partial charge in [-0.3, -0.25) is 0 Å². The van der Waals surface area contributed by atoms with Crippen molar-refractivity contribution in [2.24, 2.45) is 5.41 Å². The highest BCUT2D eigenvalue weighted by atomic mass is 16.3. The van der Waals surface area contributed by atoms with Gasteiger partial charge in [0.2, 0.25) is 0 Å². The number of aliphatic hydroxyl groups excluding tert-OH is 1. The SMILES string of the molecule is CCCCC(C=O)(CO)CCC. The van der Waals surface area contributed by atoms with Crippen molar-refractivity contribution in [3.05, 3.63) is 0 Å². The Labute approximate surface area is 75.0 Å². The Kier molecular flexibility index (Phi) is 5.99. The molecule has 0 aliphatic heterocycles. The molecule has 0 bridgehead atoms. The summed E-state index contributed by atoms with van der Waals surface area (Å²) in [5.41, 5.74) is -0.440. The number of carbonyl (C=O) groups is 1. The molecule has 1 unspecified atom stereocenters. The van der Waals surface area contributed by atoms with E-state index >= 15 is 0 Å². The Morgan fingerprint density at radius 3 is 2.25 bits per heavy atom. The average Bonchev–Trinajstić information content (AvgIpc) is 2.13. The predicted octanol–water partition coefficient (Wildman–Crippen LogP) is 2.15. The first-order chi connectivity index (χ1) is 5.74. The minimum absolute atomic E-state index is 0.00431. The van der Waals surface area contributed by atoms with Crippen LogP contribution in [-0.4, -0.2) is 18.0 Å². The standard InChI is InChI=1S/C10H20O2/c1-3-5-7-10(8-11,9-12)6-4-2/h8,12H,3-7,9H2,1-2H3. The molecule has 0 aromatic carbocycles. The van der Waals surface area contributed by atoms with Gasteiger partial charge >= 0.3 is 0 Å². The molecule has 2 heteroatoms. The molecule has 0 spiro atoms. The van der Waals surface area contributed by atoms with Gasteiger partial charge in [0.05, 0.1) is 6.61 Å². The zero-order chi connectivity index (χ0) is 9.45. The van der Waals surface area contributed by atoms with Crippen LogP contribution in [0.4, 0.5) is 0 Å². The van der Waals surface area contributed by atoms with Crippen LogP contribution in [0.2, 0.25) is 0 Å². The van der Waals surface area contributed by atoms with Crippen LogP contribution in [0.5, 0.6) is 0 Å². The molecule has 0 heterocycles. The summed E-state index contributed by atoms with van der Waals surface area (Å²) >= 11 is 0. The van der Waals surface area contributed by atoms with E-state index in [0.717, 1.165) is 38.4 Å². The summed E-state index contributed by atoms with van der Waals surface area (Å²) in [6, 6.07) is 0. The predicted molar refractivity (Wildman–Crippen MR) is 50.0 cm³/mol. The largest absolute Gasteiger partial charge is 0.395 e. The molecule has 0 aliphatic rings. The fourth-order valence-corrected chi connectivity index (χ4v) is 1.46. The van der Waals surface area contributed by atoms with Crippen molar-refractivity contribution in [1.29, 1.82) is 0 Å². The van der Waals surface area contributed by atoms with Crippen LogP contribution < -0.4 is 0 Å². The van der Waals surface area contributed by atoms with Gasteiger partial charge in [0.15, 0.2) is 0 Å². The van der Waals surface area contributed by atoms with Gasteiger partial charge in [-0.25, -0.2) is 0 Å². The van der Waals surface area contributed by atoms with Crippen molar-refractivity contribution < 1.29 is 9.90 Å². The first kappa shape index (κ1) is 11.6. The number of hydrogen-bond donors (Lipinski definition) is 1. The van der Waals surface area contributed by atoms with Crippen LogP contribution in [0, 0.1) is 5.41 Å². The summed E-state index contributed by atoms with van der Waals surface area (Å²) in [4.78, 5) is 10.8. The highest BCUT2D eigenvalue weighted by Gasteiger charge is 2.26. The van der Waals surface area contributed by atoms with Crippen LogP contribution in [-0.2, 0) is 4.79 Å². The highest BCUT2D eigenvalue weighted by molar-refractivity contribution is 5.59. The Balaban J connectivity index is 4.04. The van der Waals surface area contributed by atoms with E-state index in [0.29, 0.717) is 0 Å². The van der Waals surface area contributed by atoms with E-state index in [1.54, 1.807) is 0 Å². The quantitative estimate of drug-likeness (QED) is 0.597. The molecule has 0 radical (unpaired) electrons. The van der Waals surface area contributed by atoms with Crippen molar-refractivity contribution in [3.8, 4) is 0 Å². The first-order valence-electron chi connectivity index (χ1n) is 4.82. The van der Waals surface area contributed by atoms with Gasteiger partial charge in [-0.05, 0) is 12.8 Å². The number of carbonyl (C=O) groups excluding carboxylic acids is 1. The Bertz CT molecular complexity index is 123. The Morgan fingerprint density at radius 2 is 1.92 bits per heavy atom. The van der Waals surface area contributed by atoms with Crippen molar-refractivity contribution >= 4 is 6.29 Å². The fourth-order valence-electron chi connectivity index (χ4n) is 1.46. The summed E-state index contributed by atoms with van der Waals surface area (Å²) < 4.78 is 0. The summed E-state index contributed by atoms with van der Waals surface area (Å²) in [5, 5.41) is 9.10. The van der Waals surface area contributed by atoms with Crippen molar-refractivity contribution in [3.63, 3.8) is 0 Å². The van der Waals surface area contributed by atoms with E-state index in [-0.39, 0.29) is 6.61 Å². The summed E-state index contributed by atoms with van der Waals surface area (Å²) in [6.45, 7) is 4.14. The van der Waals surface area contributed by atoms with Gasteiger partial charge in [-0.2, -0.15) is 0 Å². The second-order valence-corrected chi connectivity index (χ2v) is 3.49. The zero-order valence-corrected chi connectivity index (χ0v) is 8.18. The number of unbranched alkanes of at least 4 members (excludes halogenated alkanes) is 1. The number of hydrogen-bond acceptors (Lipinski definition) is 2. The molecule has 0 aromatic rings. The average molecular weight is 172 g/mol. The first-order valence-corrected chi connectivity index (χ1v) is 4.82. The molecule has 0 amide bonds. The number of aldehydes is 1. The molecule has 2 nitrogen and oxygen atoms in total. The van der Waals surface area contributed by atoms with Crippen LogP contribution in [0.25, 0.3) is 0 Å². The minimum Gasteiger partial charge on any atom is -0.395 e. The smallest absolute Gasteiger partial charge is 0.128 e. The molecule has 0 rings (SSSR count). The van der Waals surface area contributed by atoms with Crippen LogP contribution in [0.15, 0.2) is 0 Å². The van der Waals surface area contributed by atoms with Gasteiger partial charge in [-0.15, -0.1) is 0 Å². The lowest BCUT2D eigenvalue weighted by Crippen LogP contribution is -2.27. The topological polar surface area (TPSA) is 37.3 Å². The van der Waals surface area contributed by atoms with E-state index in [4.69, 9.17) is 5.11 Å². The van der Waals surface area contributed by atoms with Crippen LogP contribution in [0.1, 0.15) is 46.0 Å². The van der Waals surface area contributed by atoms with Gasteiger partial charge in [0.25, 0.3) is 0 Å². The van der Waals surface area contributed by atoms with E-state index in [9.17, 15) is 4.79 Å². The molecule has 1 atom stereocenters. The minimum atomic E-state index is -0.440. The number of rotatable bonds is 7. The molecule has 12 heavy (non-hydrogen) atoms. The third-order valence-corrected chi connectivity index (χ3v) is 2.34. The molecule has 72 valence electrons. The number of aliphatic hydroxyl groups is 1. The van der Waals surface area contributed by atoms with Crippen molar-refractivity contribution in [2.75, 3.05) is 6.61 Å². The lowest BCUT2D eigenvalue weighted by molar-refractivity contribution is -0.119. The fraction of sp³-hybridized carbons (Fsp3) is 0.900. The maximum atomic E-state index is 10.8. The molecular formula is C10H20O2. The summed E-state index contributed by atoms with van der Waals surface area (Å²) in [7, 11) is 0. The second kappa shape index (κ2) is 6.18. The Morgan fingerprint density at radius 1 is 1.25 bits per heavy atom. The Hall–Kier alpha value is -0.370. The molecule has 0 saturated carbocycles. The van der Waals surface area contributed by atoms with E-state index in [1.165, 1.54) is 0 Å². The monoisotopic (exact) mass is 172 g/mol. The van der Waals surface area contributed by atoms with Crippen LogP contribution >= 0.6 is 0 Å². The zero-order valence-electron chi connectivity index (χ0n) is 8.18. The lowest BCUT2D eigenvalue weighted by atomic mass is 9.81. The van der Waals surface area contributed by atoms with Crippen LogP contribution in [0.3, 0.4) is 0 Å². The third kappa shape index (κ3) is 3.35. The van der Waals surface area contributed by atoms with Gasteiger partial charge in [0, 0.05) is 5.41 Å². The molecule has 0 fully saturated rings. The lowest BCUT2D eigenvalue weighted by Gasteiger charge is -2.24. The molecular weight excluding hydrogens is 152 g/mol. The van der Waals surface area contributed by atoms with E-state index in [1.807, 2.05) is 6.92 Å². The molecule has 0 aliphatic carbocycles. The van der Waals surface area contributed by atoms with E-state index in [2.05, 4.69) is 6.92 Å². The maximum absolute atomic E-state index is 10.8. The van der Waals surface area contributed by atoms with Crippen molar-refractivity contribution in [1.82, 2.24) is 0 Å². The van der Waals surface area contributed by atoms with Gasteiger partial charge < -0.3 is 9.90 Å². The highest BCUT2D eigenvalue weighted by Crippen LogP contribution is 2.27. The summed E-state index contributed by atoms with van der Waals surface area (Å²) in [6.07, 6.45) is 5.65. The van der Waals surface area contributed by atoms with Gasteiger partial charge in [-0.1, -0.05) is 33.1 Å². The van der Waals surface area contributed by atoms with Gasteiger partial charge in [0.1, 0.15) is 6.29 Å². The maximum Gasteiger partial charge on any atom is 0.128 e. The van der Waals surface area contributed by atoms with Crippen molar-refractivity contribution in [2.45, 2.75) is 46.0 Å². The molecule has 0 aromatic heterocycles. The third-order valence-electron chi connectivity index (χ3n) is 2.34. The van der Waals surface area contributed by atoms with E-state index < -0.39 is 5.41 Å².